The highest BCUT2D eigenvalue weighted by molar-refractivity contribution is 7.18. The number of aromatic nitrogens is 1. The van der Waals surface area contributed by atoms with Crippen molar-refractivity contribution in [2.24, 2.45) is 11.8 Å². The topological polar surface area (TPSA) is 71.2 Å². The van der Waals surface area contributed by atoms with Gasteiger partial charge in [-0.3, -0.25) is 4.79 Å². The molecule has 2 rings (SSSR count). The molecule has 5 nitrogen and oxygen atoms in total. The number of carbonyl (C=O) groups is 1. The van der Waals surface area contributed by atoms with Gasteiger partial charge in [-0.25, -0.2) is 4.98 Å². The number of hydrogen-bond donors (Lipinski definition) is 2. The lowest BCUT2D eigenvalue weighted by Crippen LogP contribution is -2.36. The fourth-order valence-electron chi connectivity index (χ4n) is 2.16. The first kappa shape index (κ1) is 16.1. The summed E-state index contributed by atoms with van der Waals surface area (Å²) in [5.74, 6) is 1.38. The Morgan fingerprint density at radius 2 is 2.05 bits per heavy atom. The summed E-state index contributed by atoms with van der Waals surface area (Å²) < 4.78 is 0. The maximum Gasteiger partial charge on any atom is 0.268 e. The van der Waals surface area contributed by atoms with Crippen LogP contribution in [0.15, 0.2) is 0 Å². The predicted molar refractivity (Wildman–Crippen MR) is 88.8 cm³/mol. The van der Waals surface area contributed by atoms with Crippen molar-refractivity contribution in [2.75, 3.05) is 24.1 Å². The molecule has 0 aromatic carbocycles. The van der Waals surface area contributed by atoms with E-state index in [2.05, 4.69) is 38.0 Å². The van der Waals surface area contributed by atoms with E-state index in [0.717, 1.165) is 31.1 Å². The third kappa shape index (κ3) is 4.33. The van der Waals surface area contributed by atoms with Gasteiger partial charge in [0.25, 0.3) is 5.91 Å². The quantitative estimate of drug-likeness (QED) is 0.812. The van der Waals surface area contributed by atoms with Crippen LogP contribution in [0.2, 0.25) is 0 Å². The highest BCUT2D eigenvalue weighted by Crippen LogP contribution is 2.33. The molecule has 1 aliphatic carbocycles. The highest BCUT2D eigenvalue weighted by Gasteiger charge is 2.35. The summed E-state index contributed by atoms with van der Waals surface area (Å²) in [4.78, 5) is 19.6. The van der Waals surface area contributed by atoms with Crippen molar-refractivity contribution in [3.05, 3.63) is 4.88 Å². The Hall–Kier alpha value is -1.30. The zero-order chi connectivity index (χ0) is 15.6. The first-order valence-electron chi connectivity index (χ1n) is 7.69. The predicted octanol–water partition coefficient (Wildman–Crippen LogP) is 3.05. The van der Waals surface area contributed by atoms with Gasteiger partial charge >= 0.3 is 0 Å². The molecule has 21 heavy (non-hydrogen) atoms. The van der Waals surface area contributed by atoms with Gasteiger partial charge in [0.05, 0.1) is 0 Å². The van der Waals surface area contributed by atoms with Gasteiger partial charge in [-0.2, -0.15) is 0 Å². The number of carbonyl (C=O) groups excluding carboxylic acids is 1. The Morgan fingerprint density at radius 1 is 1.38 bits per heavy atom. The molecule has 1 saturated carbocycles. The third-order valence-corrected chi connectivity index (χ3v) is 4.34. The molecule has 1 aromatic heterocycles. The number of rotatable bonds is 7. The van der Waals surface area contributed by atoms with Crippen molar-refractivity contribution >= 4 is 28.2 Å². The average molecular weight is 310 g/mol. The summed E-state index contributed by atoms with van der Waals surface area (Å²) in [5.41, 5.74) is 5.95. The van der Waals surface area contributed by atoms with Crippen molar-refractivity contribution in [1.29, 1.82) is 0 Å². The fraction of sp³-hybridized carbons (Fsp3) is 0.733. The summed E-state index contributed by atoms with van der Waals surface area (Å²) in [6.45, 7) is 10.2. The van der Waals surface area contributed by atoms with Gasteiger partial charge in [0.2, 0.25) is 0 Å². The Labute approximate surface area is 130 Å². The minimum absolute atomic E-state index is 0.0406. The number of nitrogens with zero attached hydrogens (tertiary/aromatic N) is 2. The summed E-state index contributed by atoms with van der Waals surface area (Å²) in [6, 6.07) is 0.397. The van der Waals surface area contributed by atoms with Crippen molar-refractivity contribution in [3.63, 3.8) is 0 Å². The van der Waals surface area contributed by atoms with Crippen molar-refractivity contribution in [3.8, 4) is 0 Å². The summed E-state index contributed by atoms with van der Waals surface area (Å²) in [7, 11) is 0. The van der Waals surface area contributed by atoms with E-state index in [0.29, 0.717) is 28.6 Å². The normalized spacial score (nSPS) is 14.8. The monoisotopic (exact) mass is 310 g/mol. The minimum Gasteiger partial charge on any atom is -0.382 e. The molecule has 0 unspecified atom stereocenters. The van der Waals surface area contributed by atoms with Gasteiger partial charge in [0.1, 0.15) is 10.7 Å². The van der Waals surface area contributed by atoms with Crippen LogP contribution in [-0.2, 0) is 0 Å². The molecule has 1 amide bonds. The van der Waals surface area contributed by atoms with Gasteiger partial charge in [-0.1, -0.05) is 39.0 Å². The molecule has 0 bridgehead atoms. The van der Waals surface area contributed by atoms with Crippen LogP contribution in [0, 0.1) is 11.8 Å². The Bertz CT molecular complexity index is 494. The van der Waals surface area contributed by atoms with E-state index in [1.54, 1.807) is 0 Å². The second kappa shape index (κ2) is 6.64. The standard InChI is InChI=1S/C15H26N4OS/c1-9(2)7-17-15-18-13(16)12(21-15)14(20)19(8-10(3)4)11-5-6-11/h9-11H,5-8,16H2,1-4H3,(H,17,18). The van der Waals surface area contributed by atoms with Crippen LogP contribution in [-0.4, -0.2) is 34.9 Å². The first-order chi connectivity index (χ1) is 9.88. The molecule has 0 atom stereocenters. The molecule has 6 heteroatoms. The van der Waals surface area contributed by atoms with Crippen LogP contribution in [0.1, 0.15) is 50.2 Å². The van der Waals surface area contributed by atoms with E-state index >= 15 is 0 Å². The molecule has 118 valence electrons. The number of anilines is 2. The van der Waals surface area contributed by atoms with Crippen LogP contribution in [0.3, 0.4) is 0 Å². The minimum atomic E-state index is 0.0406. The van der Waals surface area contributed by atoms with E-state index in [4.69, 9.17) is 5.73 Å². The number of amides is 1. The van der Waals surface area contributed by atoms with E-state index < -0.39 is 0 Å². The molecule has 0 spiro atoms. The highest BCUT2D eigenvalue weighted by atomic mass is 32.1. The van der Waals surface area contributed by atoms with E-state index in [-0.39, 0.29) is 5.91 Å². The summed E-state index contributed by atoms with van der Waals surface area (Å²) in [6.07, 6.45) is 2.21. The lowest BCUT2D eigenvalue weighted by Gasteiger charge is -2.23. The van der Waals surface area contributed by atoms with Crippen molar-refractivity contribution < 1.29 is 4.79 Å². The van der Waals surface area contributed by atoms with E-state index in [1.807, 2.05) is 4.90 Å². The number of nitrogens with two attached hydrogens (primary N) is 1. The van der Waals surface area contributed by atoms with Crippen LogP contribution in [0.5, 0.6) is 0 Å². The summed E-state index contributed by atoms with van der Waals surface area (Å²) in [5, 5.41) is 3.98. The molecule has 1 fully saturated rings. The second-order valence-corrected chi connectivity index (χ2v) is 7.59. The zero-order valence-electron chi connectivity index (χ0n) is 13.3. The maximum absolute atomic E-state index is 12.7. The van der Waals surface area contributed by atoms with Crippen LogP contribution >= 0.6 is 11.3 Å². The number of hydrogen-bond acceptors (Lipinski definition) is 5. The van der Waals surface area contributed by atoms with Gasteiger partial charge in [0.15, 0.2) is 5.13 Å². The molecular formula is C15H26N4OS. The molecular weight excluding hydrogens is 284 g/mol. The van der Waals surface area contributed by atoms with Crippen LogP contribution < -0.4 is 11.1 Å². The average Bonchev–Trinajstić information content (AvgIpc) is 3.16. The Morgan fingerprint density at radius 3 is 2.57 bits per heavy atom. The molecule has 1 heterocycles. The lowest BCUT2D eigenvalue weighted by molar-refractivity contribution is 0.0728. The van der Waals surface area contributed by atoms with E-state index in [9.17, 15) is 4.79 Å². The fourth-order valence-corrected chi connectivity index (χ4v) is 3.01. The van der Waals surface area contributed by atoms with Crippen LogP contribution in [0.25, 0.3) is 0 Å². The number of thiazole rings is 1. The smallest absolute Gasteiger partial charge is 0.268 e. The summed E-state index contributed by atoms with van der Waals surface area (Å²) >= 11 is 1.37. The molecule has 3 N–H and O–H groups in total. The SMILES string of the molecule is CC(C)CNc1nc(N)c(C(=O)N(CC(C)C)C2CC2)s1. The number of nitrogens with one attached hydrogen (secondary N) is 1. The lowest BCUT2D eigenvalue weighted by atomic mass is 10.2. The Kier molecular flexibility index (Phi) is 5.08. The first-order valence-corrected chi connectivity index (χ1v) is 8.51. The molecule has 0 radical (unpaired) electrons. The maximum atomic E-state index is 12.7. The van der Waals surface area contributed by atoms with Gasteiger partial charge in [0, 0.05) is 19.1 Å². The van der Waals surface area contributed by atoms with Gasteiger partial charge in [-0.15, -0.1) is 0 Å². The zero-order valence-corrected chi connectivity index (χ0v) is 14.2. The largest absolute Gasteiger partial charge is 0.382 e. The molecule has 0 saturated heterocycles. The van der Waals surface area contributed by atoms with Gasteiger partial charge < -0.3 is 16.0 Å². The van der Waals surface area contributed by atoms with Crippen LogP contribution in [0.4, 0.5) is 10.9 Å². The number of nitrogen functional groups attached to an aromatic ring is 1. The molecule has 1 aliphatic rings. The van der Waals surface area contributed by atoms with Crippen molar-refractivity contribution in [2.45, 2.75) is 46.6 Å². The second-order valence-electron chi connectivity index (χ2n) is 6.59. The van der Waals surface area contributed by atoms with E-state index in [1.165, 1.54) is 11.3 Å². The van der Waals surface area contributed by atoms with Gasteiger partial charge in [-0.05, 0) is 24.7 Å². The molecule has 1 aromatic rings. The Balaban J connectivity index is 2.10. The van der Waals surface area contributed by atoms with Crippen molar-refractivity contribution in [1.82, 2.24) is 9.88 Å². The third-order valence-electron chi connectivity index (χ3n) is 3.32. The molecule has 0 aliphatic heterocycles.